The van der Waals surface area contributed by atoms with Crippen LogP contribution in [-0.2, 0) is 10.3 Å². The minimum Gasteiger partial charge on any atom is -0.363 e. The number of carbonyl (C=O) groups excluding carboxylic acids is 2. The molecule has 1 aromatic heterocycles. The Kier molecular flexibility index (Phi) is 6.26. The predicted octanol–water partition coefficient (Wildman–Crippen LogP) is 3.90. The molecule has 172 valence electrons. The van der Waals surface area contributed by atoms with Crippen LogP contribution in [0.5, 0.6) is 0 Å². The number of fused-ring (bicyclic) bond motifs is 1. The fourth-order valence-electron chi connectivity index (χ4n) is 5.12. The second-order valence-corrected chi connectivity index (χ2v) is 9.54. The van der Waals surface area contributed by atoms with Crippen molar-refractivity contribution >= 4 is 17.6 Å². The highest BCUT2D eigenvalue weighted by Gasteiger charge is 2.38. The minimum atomic E-state index is -0.219. The molecule has 1 fully saturated rings. The zero-order valence-electron chi connectivity index (χ0n) is 19.7. The molecule has 7 heteroatoms. The number of anilines is 1. The number of nitrogens with zero attached hydrogens (tertiary/aromatic N) is 4. The Bertz CT molecular complexity index is 964. The fourth-order valence-corrected chi connectivity index (χ4v) is 5.12. The maximum atomic E-state index is 13.6. The lowest BCUT2D eigenvalue weighted by molar-refractivity contribution is -0.136. The lowest BCUT2D eigenvalue weighted by Gasteiger charge is -2.39. The average molecular weight is 438 g/mol. The van der Waals surface area contributed by atoms with Gasteiger partial charge < -0.3 is 15.1 Å². The summed E-state index contributed by atoms with van der Waals surface area (Å²) in [6.07, 6.45) is 4.25. The van der Waals surface area contributed by atoms with E-state index in [1.807, 2.05) is 46.5 Å². The lowest BCUT2D eigenvalue weighted by Crippen LogP contribution is -2.47. The van der Waals surface area contributed by atoms with Gasteiger partial charge in [-0.2, -0.15) is 5.10 Å². The molecule has 0 saturated carbocycles. The molecule has 4 rings (SSSR count). The van der Waals surface area contributed by atoms with E-state index in [0.29, 0.717) is 31.7 Å². The molecule has 1 aromatic carbocycles. The third kappa shape index (κ3) is 4.12. The van der Waals surface area contributed by atoms with Crippen LogP contribution < -0.4 is 5.32 Å². The van der Waals surface area contributed by atoms with E-state index in [0.717, 1.165) is 25.1 Å². The number of hydrogen-bond donors (Lipinski definition) is 1. The SMILES string of the molecule is CCN(CC)C(=O)C1CCCN(C(=O)c2cnn3c2NC(c2ccccc2)CC3(C)C)C1. The highest BCUT2D eigenvalue weighted by molar-refractivity contribution is 5.99. The van der Waals surface area contributed by atoms with E-state index < -0.39 is 0 Å². The van der Waals surface area contributed by atoms with Crippen LogP contribution in [0.25, 0.3) is 0 Å². The molecule has 2 aliphatic heterocycles. The molecule has 1 N–H and O–H groups in total. The van der Waals surface area contributed by atoms with Crippen molar-refractivity contribution < 1.29 is 9.59 Å². The van der Waals surface area contributed by atoms with E-state index in [-0.39, 0.29) is 29.3 Å². The van der Waals surface area contributed by atoms with E-state index in [4.69, 9.17) is 0 Å². The Morgan fingerprint density at radius 1 is 1.19 bits per heavy atom. The number of benzene rings is 1. The zero-order chi connectivity index (χ0) is 22.9. The molecule has 2 aliphatic rings. The van der Waals surface area contributed by atoms with Gasteiger partial charge in [0.25, 0.3) is 5.91 Å². The van der Waals surface area contributed by atoms with Crippen LogP contribution in [0.2, 0.25) is 0 Å². The summed E-state index contributed by atoms with van der Waals surface area (Å²) >= 11 is 0. The van der Waals surface area contributed by atoms with E-state index >= 15 is 0 Å². The third-order valence-corrected chi connectivity index (χ3v) is 6.92. The molecular formula is C25H35N5O2. The van der Waals surface area contributed by atoms with E-state index in [9.17, 15) is 9.59 Å². The van der Waals surface area contributed by atoms with Crippen LogP contribution in [0.3, 0.4) is 0 Å². The Morgan fingerprint density at radius 2 is 1.91 bits per heavy atom. The third-order valence-electron chi connectivity index (χ3n) is 6.92. The van der Waals surface area contributed by atoms with Crippen LogP contribution in [-0.4, -0.2) is 57.6 Å². The van der Waals surface area contributed by atoms with E-state index in [1.165, 1.54) is 5.56 Å². The summed E-state index contributed by atoms with van der Waals surface area (Å²) in [5.41, 5.74) is 1.58. The van der Waals surface area contributed by atoms with Crippen molar-refractivity contribution in [1.29, 1.82) is 0 Å². The molecule has 0 radical (unpaired) electrons. The van der Waals surface area contributed by atoms with Crippen LogP contribution in [0, 0.1) is 5.92 Å². The maximum absolute atomic E-state index is 13.6. The van der Waals surface area contributed by atoms with Crippen LogP contribution in [0.1, 0.15) is 68.9 Å². The molecule has 2 unspecified atom stereocenters. The number of carbonyl (C=O) groups is 2. The first kappa shape index (κ1) is 22.4. The summed E-state index contributed by atoms with van der Waals surface area (Å²) in [7, 11) is 0. The Morgan fingerprint density at radius 3 is 2.59 bits per heavy atom. The monoisotopic (exact) mass is 437 g/mol. The first-order valence-corrected chi connectivity index (χ1v) is 11.8. The van der Waals surface area contributed by atoms with E-state index in [2.05, 4.69) is 36.4 Å². The maximum Gasteiger partial charge on any atom is 0.259 e. The van der Waals surface area contributed by atoms with Gasteiger partial charge in [-0.25, -0.2) is 4.68 Å². The number of hydrogen-bond acceptors (Lipinski definition) is 4. The molecule has 0 aliphatic carbocycles. The van der Waals surface area contributed by atoms with Gasteiger partial charge in [-0.15, -0.1) is 0 Å². The Balaban J connectivity index is 1.57. The quantitative estimate of drug-likeness (QED) is 0.770. The van der Waals surface area contributed by atoms with Gasteiger partial charge in [0.05, 0.1) is 23.7 Å². The number of piperidine rings is 1. The molecule has 32 heavy (non-hydrogen) atoms. The Hall–Kier alpha value is -2.83. The highest BCUT2D eigenvalue weighted by atomic mass is 16.2. The van der Waals surface area contributed by atoms with Crippen LogP contribution in [0.4, 0.5) is 5.82 Å². The average Bonchev–Trinajstić information content (AvgIpc) is 3.25. The summed E-state index contributed by atoms with van der Waals surface area (Å²) in [5, 5.41) is 8.18. The molecule has 2 amide bonds. The first-order valence-electron chi connectivity index (χ1n) is 11.8. The summed E-state index contributed by atoms with van der Waals surface area (Å²) in [6.45, 7) is 10.9. The zero-order valence-corrected chi connectivity index (χ0v) is 19.7. The summed E-state index contributed by atoms with van der Waals surface area (Å²) in [6, 6.07) is 10.5. The van der Waals surface area contributed by atoms with Gasteiger partial charge in [0, 0.05) is 26.2 Å². The summed E-state index contributed by atoms with van der Waals surface area (Å²) in [5.74, 6) is 0.769. The normalized spacial score (nSPS) is 22.1. The Labute approximate surface area is 190 Å². The highest BCUT2D eigenvalue weighted by Crippen LogP contribution is 2.40. The van der Waals surface area contributed by atoms with Crippen molar-refractivity contribution in [3.8, 4) is 0 Å². The molecule has 2 aromatic rings. The number of likely N-dealkylation sites (tertiary alicyclic amines) is 1. The van der Waals surface area contributed by atoms with Gasteiger partial charge in [-0.05, 0) is 52.5 Å². The number of rotatable bonds is 5. The van der Waals surface area contributed by atoms with Gasteiger partial charge in [-0.1, -0.05) is 30.3 Å². The summed E-state index contributed by atoms with van der Waals surface area (Å²) in [4.78, 5) is 30.2. The van der Waals surface area contributed by atoms with Crippen molar-refractivity contribution in [3.05, 3.63) is 47.7 Å². The van der Waals surface area contributed by atoms with E-state index in [1.54, 1.807) is 6.20 Å². The lowest BCUT2D eigenvalue weighted by atomic mass is 9.89. The minimum absolute atomic E-state index is 0.0414. The number of nitrogens with one attached hydrogen (secondary N) is 1. The fraction of sp³-hybridized carbons (Fsp3) is 0.560. The van der Waals surface area contributed by atoms with Crippen molar-refractivity contribution in [1.82, 2.24) is 19.6 Å². The number of amides is 2. The van der Waals surface area contributed by atoms with Gasteiger partial charge in [0.2, 0.25) is 5.91 Å². The van der Waals surface area contributed by atoms with Gasteiger partial charge in [-0.3, -0.25) is 9.59 Å². The van der Waals surface area contributed by atoms with Crippen LogP contribution in [0.15, 0.2) is 36.5 Å². The van der Waals surface area contributed by atoms with Crippen LogP contribution >= 0.6 is 0 Å². The van der Waals surface area contributed by atoms with Crippen molar-refractivity contribution in [2.45, 2.75) is 58.5 Å². The van der Waals surface area contributed by atoms with Crippen molar-refractivity contribution in [2.75, 3.05) is 31.5 Å². The molecule has 0 spiro atoms. The second-order valence-electron chi connectivity index (χ2n) is 9.54. The molecule has 3 heterocycles. The molecule has 1 saturated heterocycles. The molecule has 0 bridgehead atoms. The molecule has 2 atom stereocenters. The van der Waals surface area contributed by atoms with Gasteiger partial charge in [0.15, 0.2) is 0 Å². The second kappa shape index (κ2) is 8.96. The van der Waals surface area contributed by atoms with Gasteiger partial charge in [0.1, 0.15) is 11.4 Å². The summed E-state index contributed by atoms with van der Waals surface area (Å²) < 4.78 is 1.95. The molecular weight excluding hydrogens is 402 g/mol. The smallest absolute Gasteiger partial charge is 0.259 e. The van der Waals surface area contributed by atoms with Crippen molar-refractivity contribution in [3.63, 3.8) is 0 Å². The largest absolute Gasteiger partial charge is 0.363 e. The topological polar surface area (TPSA) is 70.5 Å². The predicted molar refractivity (Wildman–Crippen MR) is 126 cm³/mol. The number of aromatic nitrogens is 2. The van der Waals surface area contributed by atoms with Gasteiger partial charge >= 0.3 is 0 Å². The molecule has 7 nitrogen and oxygen atoms in total. The van der Waals surface area contributed by atoms with Crippen molar-refractivity contribution in [2.24, 2.45) is 5.92 Å². The first-order chi connectivity index (χ1) is 15.4. The standard InChI is InChI=1S/C25H35N5O2/c1-5-28(6-2)23(31)19-13-10-14-29(17-19)24(32)20-16-26-30-22(20)27-21(15-25(30,3)4)18-11-8-7-9-12-18/h7-9,11-12,16,19,21,27H,5-6,10,13-15,17H2,1-4H3.